The quantitative estimate of drug-likeness (QED) is 0.432. The molecular weight excluding hydrogens is 148 g/mol. The van der Waals surface area contributed by atoms with E-state index in [9.17, 15) is 0 Å². The van der Waals surface area contributed by atoms with Gasteiger partial charge in [0.15, 0.2) is 0 Å². The number of fused-ring (bicyclic) bond motifs is 1. The molecule has 1 aliphatic carbocycles. The van der Waals surface area contributed by atoms with Gasteiger partial charge in [-0.3, -0.25) is 5.41 Å². The highest BCUT2D eigenvalue weighted by atomic mass is 15.2. The largest absolute Gasteiger partial charge is 0.360 e. The molecular formula is C10H18N2. The predicted molar refractivity (Wildman–Crippen MR) is 50.4 cm³/mol. The van der Waals surface area contributed by atoms with Gasteiger partial charge in [0.05, 0.1) is 0 Å². The zero-order chi connectivity index (χ0) is 8.93. The van der Waals surface area contributed by atoms with Crippen molar-refractivity contribution in [1.82, 2.24) is 4.90 Å². The van der Waals surface area contributed by atoms with Crippen LogP contribution in [0.5, 0.6) is 0 Å². The molecule has 1 saturated carbocycles. The minimum Gasteiger partial charge on any atom is -0.360 e. The molecule has 2 atom stereocenters. The monoisotopic (exact) mass is 166 g/mol. The molecule has 2 rings (SSSR count). The van der Waals surface area contributed by atoms with Gasteiger partial charge in [-0.15, -0.1) is 0 Å². The number of hydrogen-bond donors (Lipinski definition) is 1. The van der Waals surface area contributed by atoms with Crippen molar-refractivity contribution in [2.45, 2.75) is 27.2 Å². The van der Waals surface area contributed by atoms with Crippen LogP contribution in [0.15, 0.2) is 0 Å². The van der Waals surface area contributed by atoms with Crippen LogP contribution in [0, 0.1) is 22.7 Å². The first-order chi connectivity index (χ1) is 5.48. The second kappa shape index (κ2) is 2.24. The molecule has 12 heavy (non-hydrogen) atoms. The molecule has 1 aliphatic heterocycles. The molecule has 2 fully saturated rings. The van der Waals surface area contributed by atoms with Gasteiger partial charge in [-0.25, -0.2) is 0 Å². The Balaban J connectivity index is 1.97. The Labute approximate surface area is 74.5 Å². The number of amidine groups is 1. The topological polar surface area (TPSA) is 27.1 Å². The lowest BCUT2D eigenvalue weighted by molar-refractivity contribution is 0.395. The summed E-state index contributed by atoms with van der Waals surface area (Å²) in [7, 11) is 0. The third-order valence-electron chi connectivity index (χ3n) is 3.01. The maximum atomic E-state index is 7.97. The highest BCUT2D eigenvalue weighted by Gasteiger charge is 2.46. The van der Waals surface area contributed by atoms with E-state index in [-0.39, 0.29) is 5.41 Å². The van der Waals surface area contributed by atoms with Crippen molar-refractivity contribution in [2.75, 3.05) is 13.1 Å². The zero-order valence-corrected chi connectivity index (χ0v) is 8.22. The molecule has 1 saturated heterocycles. The average Bonchev–Trinajstić information content (AvgIpc) is 2.56. The van der Waals surface area contributed by atoms with Gasteiger partial charge in [0, 0.05) is 18.5 Å². The fraction of sp³-hybridized carbons (Fsp3) is 0.900. The average molecular weight is 166 g/mol. The van der Waals surface area contributed by atoms with Crippen LogP contribution in [0.3, 0.4) is 0 Å². The Morgan fingerprint density at radius 2 is 1.75 bits per heavy atom. The lowest BCUT2D eigenvalue weighted by Crippen LogP contribution is -2.38. The summed E-state index contributed by atoms with van der Waals surface area (Å²) in [5.74, 6) is 2.70. The van der Waals surface area contributed by atoms with Crippen LogP contribution in [-0.2, 0) is 0 Å². The van der Waals surface area contributed by atoms with E-state index < -0.39 is 0 Å². The number of nitrogens with zero attached hydrogens (tertiary/aromatic N) is 1. The number of rotatable bonds is 0. The molecule has 0 aromatic rings. The maximum Gasteiger partial charge on any atom is 0.101 e. The number of likely N-dealkylation sites (tertiary alicyclic amines) is 1. The van der Waals surface area contributed by atoms with Crippen LogP contribution < -0.4 is 0 Å². The summed E-state index contributed by atoms with van der Waals surface area (Å²) in [6, 6.07) is 0. The van der Waals surface area contributed by atoms with E-state index in [1.807, 2.05) is 0 Å². The van der Waals surface area contributed by atoms with E-state index >= 15 is 0 Å². The van der Waals surface area contributed by atoms with Crippen LogP contribution in [0.25, 0.3) is 0 Å². The van der Waals surface area contributed by atoms with Gasteiger partial charge < -0.3 is 4.90 Å². The van der Waals surface area contributed by atoms with Crippen LogP contribution in [0.1, 0.15) is 27.2 Å². The van der Waals surface area contributed by atoms with Gasteiger partial charge in [-0.1, -0.05) is 20.8 Å². The van der Waals surface area contributed by atoms with Gasteiger partial charge in [0.1, 0.15) is 5.84 Å². The summed E-state index contributed by atoms with van der Waals surface area (Å²) in [5, 5.41) is 7.97. The Kier molecular flexibility index (Phi) is 1.51. The van der Waals surface area contributed by atoms with Crippen molar-refractivity contribution in [2.24, 2.45) is 17.3 Å². The highest BCUT2D eigenvalue weighted by molar-refractivity contribution is 5.84. The maximum absolute atomic E-state index is 7.97. The van der Waals surface area contributed by atoms with Gasteiger partial charge >= 0.3 is 0 Å². The first kappa shape index (κ1) is 8.09. The summed E-state index contributed by atoms with van der Waals surface area (Å²) in [4.78, 5) is 2.26. The third-order valence-corrected chi connectivity index (χ3v) is 3.01. The first-order valence-electron chi connectivity index (χ1n) is 4.82. The van der Waals surface area contributed by atoms with Crippen molar-refractivity contribution < 1.29 is 0 Å². The molecule has 2 unspecified atom stereocenters. The van der Waals surface area contributed by atoms with E-state index in [0.717, 1.165) is 30.8 Å². The summed E-state index contributed by atoms with van der Waals surface area (Å²) in [6.07, 6.45) is 1.42. The highest BCUT2D eigenvalue weighted by Crippen LogP contribution is 2.45. The Hall–Kier alpha value is -0.530. The summed E-state index contributed by atoms with van der Waals surface area (Å²) in [6.45, 7) is 8.68. The Morgan fingerprint density at radius 3 is 2.17 bits per heavy atom. The molecule has 0 radical (unpaired) electrons. The van der Waals surface area contributed by atoms with Crippen LogP contribution in [0.4, 0.5) is 0 Å². The summed E-state index contributed by atoms with van der Waals surface area (Å²) in [5.41, 5.74) is 0.0385. The van der Waals surface area contributed by atoms with E-state index in [2.05, 4.69) is 25.7 Å². The third kappa shape index (κ3) is 1.23. The number of piperidine rings is 1. The first-order valence-corrected chi connectivity index (χ1v) is 4.82. The smallest absolute Gasteiger partial charge is 0.101 e. The van der Waals surface area contributed by atoms with Gasteiger partial charge in [-0.2, -0.15) is 0 Å². The molecule has 0 bridgehead atoms. The molecule has 0 aromatic carbocycles. The Bertz CT molecular complexity index is 204. The standard InChI is InChI=1S/C10H18N2/c1-10(2,3)9(11)12-5-7-4-8(7)6-12/h7-8,11H,4-6H2,1-3H3. The lowest BCUT2D eigenvalue weighted by Gasteiger charge is -2.30. The second-order valence-electron chi connectivity index (χ2n) is 5.26. The summed E-state index contributed by atoms with van der Waals surface area (Å²) < 4.78 is 0. The minimum atomic E-state index is 0.0385. The second-order valence-corrected chi connectivity index (χ2v) is 5.26. The van der Waals surface area contributed by atoms with Crippen LogP contribution in [0.2, 0.25) is 0 Å². The predicted octanol–water partition coefficient (Wildman–Crippen LogP) is 1.96. The van der Waals surface area contributed by atoms with E-state index in [0.29, 0.717) is 0 Å². The normalized spacial score (nSPS) is 33.4. The molecule has 2 nitrogen and oxygen atoms in total. The lowest BCUT2D eigenvalue weighted by atomic mass is 9.94. The fourth-order valence-corrected chi connectivity index (χ4v) is 2.06. The molecule has 0 aromatic heterocycles. The molecule has 2 heteroatoms. The van der Waals surface area contributed by atoms with Gasteiger partial charge in [0.2, 0.25) is 0 Å². The summed E-state index contributed by atoms with van der Waals surface area (Å²) >= 11 is 0. The van der Waals surface area contributed by atoms with E-state index in [4.69, 9.17) is 5.41 Å². The molecule has 0 spiro atoms. The number of hydrogen-bond acceptors (Lipinski definition) is 1. The van der Waals surface area contributed by atoms with Crippen molar-refractivity contribution in [1.29, 1.82) is 5.41 Å². The van der Waals surface area contributed by atoms with Crippen molar-refractivity contribution in [3.63, 3.8) is 0 Å². The minimum absolute atomic E-state index is 0.0385. The molecule has 1 N–H and O–H groups in total. The van der Waals surface area contributed by atoms with Crippen molar-refractivity contribution >= 4 is 5.84 Å². The molecule has 1 heterocycles. The fourth-order valence-electron chi connectivity index (χ4n) is 2.06. The van der Waals surface area contributed by atoms with E-state index in [1.54, 1.807) is 0 Å². The molecule has 68 valence electrons. The van der Waals surface area contributed by atoms with Gasteiger partial charge in [-0.05, 0) is 18.3 Å². The van der Waals surface area contributed by atoms with Crippen LogP contribution in [-0.4, -0.2) is 23.8 Å². The van der Waals surface area contributed by atoms with Crippen molar-refractivity contribution in [3.05, 3.63) is 0 Å². The van der Waals surface area contributed by atoms with Gasteiger partial charge in [0.25, 0.3) is 0 Å². The van der Waals surface area contributed by atoms with Crippen molar-refractivity contribution in [3.8, 4) is 0 Å². The SMILES string of the molecule is CC(C)(C)C(=N)N1CC2CC2C1. The molecule has 2 aliphatic rings. The Morgan fingerprint density at radius 1 is 1.25 bits per heavy atom. The number of nitrogens with one attached hydrogen (secondary N) is 1. The molecule has 0 amide bonds. The van der Waals surface area contributed by atoms with E-state index in [1.165, 1.54) is 6.42 Å². The zero-order valence-electron chi connectivity index (χ0n) is 8.22. The van der Waals surface area contributed by atoms with Crippen LogP contribution >= 0.6 is 0 Å².